The molecular weight excluding hydrogens is 320 g/mol. The third-order valence-corrected chi connectivity index (χ3v) is 3.31. The van der Waals surface area contributed by atoms with Gasteiger partial charge in [0.25, 0.3) is 0 Å². The Bertz CT molecular complexity index is 755. The maximum Gasteiger partial charge on any atom is 0.323 e. The zero-order valence-corrected chi connectivity index (χ0v) is 11.9. The number of carbonyl (C=O) groups excluding carboxylic acids is 1. The summed E-state index contributed by atoms with van der Waals surface area (Å²) in [4.78, 5) is 11.8. The lowest BCUT2D eigenvalue weighted by Gasteiger charge is -2.07. The Kier molecular flexibility index (Phi) is 3.39. The van der Waals surface area contributed by atoms with E-state index in [2.05, 4.69) is 36.8 Å². The third kappa shape index (κ3) is 2.80. The van der Waals surface area contributed by atoms with E-state index in [1.54, 1.807) is 6.20 Å². The second-order valence-electron chi connectivity index (χ2n) is 4.27. The molecule has 0 saturated carbocycles. The fourth-order valence-electron chi connectivity index (χ4n) is 1.91. The number of carbonyl (C=O) groups is 1. The van der Waals surface area contributed by atoms with Gasteiger partial charge in [-0.2, -0.15) is 5.10 Å². The molecule has 0 fully saturated rings. The molecule has 0 saturated heterocycles. The number of fused-ring (bicyclic) bond motifs is 1. The highest BCUT2D eigenvalue weighted by Gasteiger charge is 2.04. The molecule has 0 radical (unpaired) electrons. The molecule has 0 unspecified atom stereocenters. The average Bonchev–Trinajstić information content (AvgIpc) is 2.91. The van der Waals surface area contributed by atoms with Crippen molar-refractivity contribution in [3.8, 4) is 0 Å². The highest BCUT2D eigenvalue weighted by Crippen LogP contribution is 2.23. The van der Waals surface area contributed by atoms with Crippen LogP contribution < -0.4 is 10.6 Å². The van der Waals surface area contributed by atoms with Gasteiger partial charge in [0.2, 0.25) is 0 Å². The molecule has 6 heteroatoms. The molecule has 0 aliphatic rings. The van der Waals surface area contributed by atoms with Gasteiger partial charge in [-0.15, -0.1) is 0 Å². The Labute approximate surface area is 123 Å². The molecule has 1 heterocycles. The first-order chi connectivity index (χ1) is 9.70. The van der Waals surface area contributed by atoms with E-state index in [1.807, 2.05) is 36.4 Å². The number of nitrogens with one attached hydrogen (secondary N) is 3. The van der Waals surface area contributed by atoms with Crippen molar-refractivity contribution < 1.29 is 4.79 Å². The number of rotatable bonds is 2. The average molecular weight is 331 g/mol. The minimum atomic E-state index is -0.303. The van der Waals surface area contributed by atoms with E-state index in [0.29, 0.717) is 5.69 Å². The van der Waals surface area contributed by atoms with Crippen LogP contribution in [-0.4, -0.2) is 16.2 Å². The zero-order chi connectivity index (χ0) is 13.9. The van der Waals surface area contributed by atoms with Crippen LogP contribution in [0.5, 0.6) is 0 Å². The summed E-state index contributed by atoms with van der Waals surface area (Å²) >= 11 is 3.44. The van der Waals surface area contributed by atoms with Crippen LogP contribution in [0.15, 0.2) is 53.3 Å². The topological polar surface area (TPSA) is 69.8 Å². The van der Waals surface area contributed by atoms with Crippen LogP contribution in [0.1, 0.15) is 0 Å². The molecule has 0 aliphatic carbocycles. The van der Waals surface area contributed by atoms with E-state index in [9.17, 15) is 4.79 Å². The van der Waals surface area contributed by atoms with Crippen molar-refractivity contribution >= 4 is 44.1 Å². The van der Waals surface area contributed by atoms with Crippen LogP contribution in [0.3, 0.4) is 0 Å². The molecule has 1 aromatic heterocycles. The second-order valence-corrected chi connectivity index (χ2v) is 5.19. The van der Waals surface area contributed by atoms with Crippen LogP contribution in [-0.2, 0) is 0 Å². The van der Waals surface area contributed by atoms with Crippen molar-refractivity contribution in [2.45, 2.75) is 0 Å². The van der Waals surface area contributed by atoms with Gasteiger partial charge >= 0.3 is 6.03 Å². The lowest BCUT2D eigenvalue weighted by atomic mass is 10.1. The van der Waals surface area contributed by atoms with Gasteiger partial charge in [0.1, 0.15) is 0 Å². The maximum atomic E-state index is 11.8. The van der Waals surface area contributed by atoms with Gasteiger partial charge < -0.3 is 10.6 Å². The lowest BCUT2D eigenvalue weighted by molar-refractivity contribution is 0.262. The molecule has 0 atom stereocenters. The first-order valence-electron chi connectivity index (χ1n) is 5.97. The van der Waals surface area contributed by atoms with Crippen molar-refractivity contribution in [1.82, 2.24) is 10.2 Å². The van der Waals surface area contributed by atoms with Gasteiger partial charge in [-0.05, 0) is 35.0 Å². The number of nitrogens with zero attached hydrogens (tertiary/aromatic N) is 1. The number of urea groups is 1. The van der Waals surface area contributed by atoms with E-state index in [4.69, 9.17) is 0 Å². The summed E-state index contributed by atoms with van der Waals surface area (Å²) < 4.78 is 1.03. The Morgan fingerprint density at radius 3 is 2.60 bits per heavy atom. The normalized spacial score (nSPS) is 10.4. The summed E-state index contributed by atoms with van der Waals surface area (Å²) in [6.07, 6.45) is 3.15. The molecule has 0 spiro atoms. The molecule has 0 bridgehead atoms. The quantitative estimate of drug-likeness (QED) is 0.665. The van der Waals surface area contributed by atoms with Crippen molar-refractivity contribution in [2.24, 2.45) is 0 Å². The monoisotopic (exact) mass is 330 g/mol. The minimum Gasteiger partial charge on any atom is -0.308 e. The van der Waals surface area contributed by atoms with Crippen molar-refractivity contribution in [2.75, 3.05) is 10.6 Å². The Balaban J connectivity index is 1.77. The molecular formula is C14H11BrN4O. The number of aromatic nitrogens is 2. The number of anilines is 2. The van der Waals surface area contributed by atoms with Gasteiger partial charge in [-0.25, -0.2) is 4.79 Å². The summed E-state index contributed by atoms with van der Waals surface area (Å²) in [5.74, 6) is 0. The van der Waals surface area contributed by atoms with Crippen LogP contribution in [0.4, 0.5) is 16.2 Å². The zero-order valence-electron chi connectivity index (χ0n) is 10.4. The molecule has 3 N–H and O–H groups in total. The smallest absolute Gasteiger partial charge is 0.308 e. The standard InChI is InChI=1S/C14H11BrN4O/c15-11-3-1-10-6-12(4-2-9(10)5-11)18-14(20)19-13-7-16-17-8-13/h1-8H,(H,16,17)(H2,18,19,20). The Morgan fingerprint density at radius 2 is 1.80 bits per heavy atom. The van der Waals surface area contributed by atoms with Crippen molar-refractivity contribution in [1.29, 1.82) is 0 Å². The SMILES string of the molecule is O=C(Nc1cn[nH]c1)Nc1ccc2cc(Br)ccc2c1. The summed E-state index contributed by atoms with van der Waals surface area (Å²) in [6, 6.07) is 11.5. The largest absolute Gasteiger partial charge is 0.323 e. The van der Waals surface area contributed by atoms with Crippen molar-refractivity contribution in [3.63, 3.8) is 0 Å². The highest BCUT2D eigenvalue weighted by atomic mass is 79.9. The number of aromatic amines is 1. The molecule has 2 aromatic carbocycles. The number of hydrogen-bond acceptors (Lipinski definition) is 2. The van der Waals surface area contributed by atoms with Gasteiger partial charge in [-0.1, -0.05) is 28.1 Å². The van der Waals surface area contributed by atoms with Crippen LogP contribution in [0.25, 0.3) is 10.8 Å². The van der Waals surface area contributed by atoms with Crippen molar-refractivity contribution in [3.05, 3.63) is 53.3 Å². The Hall–Kier alpha value is -2.34. The highest BCUT2D eigenvalue weighted by molar-refractivity contribution is 9.10. The van der Waals surface area contributed by atoms with E-state index in [1.165, 1.54) is 6.20 Å². The number of benzene rings is 2. The maximum absolute atomic E-state index is 11.8. The van der Waals surface area contributed by atoms with E-state index in [0.717, 1.165) is 20.9 Å². The summed E-state index contributed by atoms with van der Waals surface area (Å²) in [5.41, 5.74) is 1.35. The summed E-state index contributed by atoms with van der Waals surface area (Å²) in [7, 11) is 0. The fourth-order valence-corrected chi connectivity index (χ4v) is 2.29. The van der Waals surface area contributed by atoms with Crippen LogP contribution in [0.2, 0.25) is 0 Å². The van der Waals surface area contributed by atoms with E-state index < -0.39 is 0 Å². The first kappa shape index (κ1) is 12.7. The fraction of sp³-hybridized carbons (Fsp3) is 0. The number of hydrogen-bond donors (Lipinski definition) is 3. The molecule has 100 valence electrons. The molecule has 0 aliphatic heterocycles. The van der Waals surface area contributed by atoms with Crippen LogP contribution in [0, 0.1) is 0 Å². The number of H-pyrrole nitrogens is 1. The summed E-state index contributed by atoms with van der Waals surface area (Å²) in [5, 5.41) is 14.0. The molecule has 3 rings (SSSR count). The van der Waals surface area contributed by atoms with Gasteiger partial charge in [0.05, 0.1) is 11.9 Å². The summed E-state index contributed by atoms with van der Waals surface area (Å²) in [6.45, 7) is 0. The van der Waals surface area contributed by atoms with Gasteiger partial charge in [0.15, 0.2) is 0 Å². The molecule has 20 heavy (non-hydrogen) atoms. The number of amides is 2. The lowest BCUT2D eigenvalue weighted by Crippen LogP contribution is -2.18. The molecule has 2 amide bonds. The Morgan fingerprint density at radius 1 is 1.05 bits per heavy atom. The minimum absolute atomic E-state index is 0.303. The first-order valence-corrected chi connectivity index (χ1v) is 6.76. The molecule has 5 nitrogen and oxygen atoms in total. The third-order valence-electron chi connectivity index (χ3n) is 2.82. The van der Waals surface area contributed by atoms with Gasteiger partial charge in [-0.3, -0.25) is 5.10 Å². The van der Waals surface area contributed by atoms with E-state index in [-0.39, 0.29) is 6.03 Å². The van der Waals surface area contributed by atoms with Crippen LogP contribution >= 0.6 is 15.9 Å². The molecule has 3 aromatic rings. The number of halogens is 1. The van der Waals surface area contributed by atoms with E-state index >= 15 is 0 Å². The second kappa shape index (κ2) is 5.34. The predicted octanol–water partition coefficient (Wildman–Crippen LogP) is 3.97. The predicted molar refractivity (Wildman–Crippen MR) is 82.9 cm³/mol. The van der Waals surface area contributed by atoms with Gasteiger partial charge in [0, 0.05) is 16.4 Å².